The first-order valence-corrected chi connectivity index (χ1v) is 10.8. The van der Waals surface area contributed by atoms with E-state index in [-0.39, 0.29) is 22.4 Å². The first-order chi connectivity index (χ1) is 13.8. The van der Waals surface area contributed by atoms with Gasteiger partial charge in [-0.05, 0) is 42.5 Å². The fraction of sp³-hybridized carbons (Fsp3) is 0.476. The topological polar surface area (TPSA) is 93.7 Å². The zero-order valence-corrected chi connectivity index (χ0v) is 19.0. The zero-order chi connectivity index (χ0) is 21.4. The van der Waals surface area contributed by atoms with Gasteiger partial charge in [-0.2, -0.15) is 0 Å². The molecule has 2 aliphatic heterocycles. The number of rotatable bonds is 3. The number of hydrogen-bond acceptors (Lipinski definition) is 5. The molecule has 158 valence electrons. The van der Waals surface area contributed by atoms with Crippen LogP contribution in [0.3, 0.4) is 0 Å². The van der Waals surface area contributed by atoms with Crippen molar-refractivity contribution in [1.82, 2.24) is 10.6 Å². The van der Waals surface area contributed by atoms with E-state index in [0.717, 1.165) is 5.56 Å². The highest BCUT2D eigenvalue weighted by Crippen LogP contribution is 2.17. The Morgan fingerprint density at radius 1 is 1.21 bits per heavy atom. The fourth-order valence-corrected chi connectivity index (χ4v) is 3.58. The second kappa shape index (κ2) is 11.2. The number of hydrogen-bond donors (Lipinski definition) is 2. The van der Waals surface area contributed by atoms with E-state index in [4.69, 9.17) is 9.47 Å². The molecule has 29 heavy (non-hydrogen) atoms. The second-order valence-corrected chi connectivity index (χ2v) is 8.76. The minimum absolute atomic E-state index is 0.178. The smallest absolute Gasteiger partial charge is 0.332 e. The predicted molar refractivity (Wildman–Crippen MR) is 118 cm³/mol. The number of halogens is 1. The summed E-state index contributed by atoms with van der Waals surface area (Å²) in [6, 6.07) is 5.81. The van der Waals surface area contributed by atoms with Crippen molar-refractivity contribution in [3.63, 3.8) is 0 Å². The summed E-state index contributed by atoms with van der Waals surface area (Å²) in [6.07, 6.45) is 4.17. The lowest BCUT2D eigenvalue weighted by Gasteiger charge is -2.23. The number of ether oxygens (including phenoxy) is 2. The highest BCUT2D eigenvalue weighted by atomic mass is 127. The number of methoxy groups -OCH3 is 1. The Hall–Kier alpha value is -2.10. The number of nitrogens with one attached hydrogen (secondary N) is 2. The number of benzene rings is 1. The molecule has 2 aliphatic rings. The predicted octanol–water partition coefficient (Wildman–Crippen LogP) is 2.17. The summed E-state index contributed by atoms with van der Waals surface area (Å²) in [4.78, 5) is 37.6. The van der Waals surface area contributed by atoms with Crippen LogP contribution in [-0.2, 0) is 25.5 Å². The van der Waals surface area contributed by atoms with Crippen LogP contribution in [0.25, 0.3) is 0 Å². The molecule has 1 aromatic carbocycles. The van der Waals surface area contributed by atoms with Gasteiger partial charge in [0.25, 0.3) is 0 Å². The normalized spacial score (nSPS) is 24.4. The molecule has 0 aromatic heterocycles. The lowest BCUT2D eigenvalue weighted by molar-refractivity contribution is -0.144. The van der Waals surface area contributed by atoms with Gasteiger partial charge in [0.15, 0.2) is 0 Å². The van der Waals surface area contributed by atoms with Gasteiger partial charge in [0, 0.05) is 0 Å². The molecule has 2 amide bonds. The summed E-state index contributed by atoms with van der Waals surface area (Å²) in [7, 11) is 1.26. The van der Waals surface area contributed by atoms with E-state index in [9.17, 15) is 14.4 Å². The molecule has 2 N–H and O–H groups in total. The quantitative estimate of drug-likeness (QED) is 0.279. The van der Waals surface area contributed by atoms with Crippen LogP contribution in [-0.4, -0.2) is 47.5 Å². The first kappa shape index (κ1) is 23.2. The van der Waals surface area contributed by atoms with Crippen LogP contribution >= 0.6 is 22.6 Å². The van der Waals surface area contributed by atoms with E-state index in [0.29, 0.717) is 18.6 Å². The third-order valence-electron chi connectivity index (χ3n) is 4.39. The van der Waals surface area contributed by atoms with Crippen LogP contribution in [0.2, 0.25) is 0 Å². The molecule has 3 rings (SSSR count). The van der Waals surface area contributed by atoms with E-state index in [1.807, 2.05) is 38.1 Å². The van der Waals surface area contributed by atoms with E-state index in [1.54, 1.807) is 6.08 Å². The van der Waals surface area contributed by atoms with Gasteiger partial charge in [-0.25, -0.2) is 4.79 Å². The molecule has 3 atom stereocenters. The summed E-state index contributed by atoms with van der Waals surface area (Å²) in [5.41, 5.74) is 1.00. The van der Waals surface area contributed by atoms with Crippen molar-refractivity contribution in [3.05, 3.63) is 42.0 Å². The standard InChI is InChI=1S/C21H27IN2O5/c1-13(2)11-18-20(26)23-17(21(27)28-3)5-4-10-29-15-8-6-14(7-9-15)12-16(22)19(25)24-18/h4-9,13,16-18H,10-12H2,1-3H3,(H,23,26)(H,24,25)/b5-4+/t16-,17-,18-/m0/s1. The minimum atomic E-state index is -0.964. The van der Waals surface area contributed by atoms with E-state index in [2.05, 4.69) is 33.2 Å². The van der Waals surface area contributed by atoms with Crippen molar-refractivity contribution in [1.29, 1.82) is 0 Å². The van der Waals surface area contributed by atoms with Crippen LogP contribution in [0.1, 0.15) is 25.8 Å². The van der Waals surface area contributed by atoms with Gasteiger partial charge in [0.1, 0.15) is 24.4 Å². The van der Waals surface area contributed by atoms with E-state index >= 15 is 0 Å². The molecule has 0 aliphatic carbocycles. The lowest BCUT2D eigenvalue weighted by atomic mass is 10.0. The van der Waals surface area contributed by atoms with Crippen molar-refractivity contribution in [2.75, 3.05) is 13.7 Å². The lowest BCUT2D eigenvalue weighted by Crippen LogP contribution is -2.53. The number of amides is 2. The van der Waals surface area contributed by atoms with Crippen molar-refractivity contribution >= 4 is 40.4 Å². The summed E-state index contributed by atoms with van der Waals surface area (Å²) >= 11 is 2.08. The monoisotopic (exact) mass is 514 g/mol. The van der Waals surface area contributed by atoms with E-state index in [1.165, 1.54) is 13.2 Å². The highest BCUT2D eigenvalue weighted by molar-refractivity contribution is 14.1. The van der Waals surface area contributed by atoms with Crippen LogP contribution < -0.4 is 15.4 Å². The van der Waals surface area contributed by atoms with Gasteiger partial charge in [-0.15, -0.1) is 0 Å². The maximum atomic E-state index is 12.8. The number of fused-ring (bicyclic) bond motifs is 12. The zero-order valence-electron chi connectivity index (χ0n) is 16.8. The first-order valence-electron chi connectivity index (χ1n) is 9.51. The van der Waals surface area contributed by atoms with Gasteiger partial charge in [0.2, 0.25) is 11.8 Å². The van der Waals surface area contributed by atoms with Gasteiger partial charge >= 0.3 is 5.97 Å². The van der Waals surface area contributed by atoms with Crippen molar-refractivity contribution in [2.45, 2.75) is 42.7 Å². The Bertz CT molecular complexity index is 748. The number of esters is 1. The maximum Gasteiger partial charge on any atom is 0.332 e. The van der Waals surface area contributed by atoms with Crippen LogP contribution in [0.15, 0.2) is 36.4 Å². The largest absolute Gasteiger partial charge is 0.490 e. The van der Waals surface area contributed by atoms with Gasteiger partial charge in [-0.3, -0.25) is 9.59 Å². The molecule has 2 bridgehead atoms. The SMILES string of the molecule is COC(=O)[C@@H]1/C=C/COc2ccc(cc2)C[C@H](I)C(=O)N[C@@H](CC(C)C)C(=O)N1. The maximum absolute atomic E-state index is 12.8. The molecule has 0 spiro atoms. The second-order valence-electron chi connectivity index (χ2n) is 7.25. The minimum Gasteiger partial charge on any atom is -0.490 e. The number of carbonyl (C=O) groups is 3. The summed E-state index contributed by atoms with van der Waals surface area (Å²) < 4.78 is 10.1. The van der Waals surface area contributed by atoms with Gasteiger partial charge in [-0.1, -0.05) is 54.6 Å². The molecule has 0 unspecified atom stereocenters. The molecule has 0 saturated carbocycles. The molecule has 0 radical (unpaired) electrons. The molecule has 7 nitrogen and oxygen atoms in total. The highest BCUT2D eigenvalue weighted by Gasteiger charge is 2.28. The van der Waals surface area contributed by atoms with Gasteiger partial charge < -0.3 is 20.1 Å². The summed E-state index contributed by atoms with van der Waals surface area (Å²) in [5, 5.41) is 5.50. The average Bonchev–Trinajstić information content (AvgIpc) is 2.69. The molecular weight excluding hydrogens is 487 g/mol. The number of alkyl halides is 1. The van der Waals surface area contributed by atoms with Crippen LogP contribution in [0.4, 0.5) is 0 Å². The van der Waals surface area contributed by atoms with E-state index < -0.39 is 24.0 Å². The summed E-state index contributed by atoms with van der Waals surface area (Å²) in [6.45, 7) is 4.18. The third-order valence-corrected chi connectivity index (χ3v) is 5.40. The van der Waals surface area contributed by atoms with Gasteiger partial charge in [0.05, 0.1) is 11.0 Å². The average molecular weight is 514 g/mol. The Morgan fingerprint density at radius 3 is 2.52 bits per heavy atom. The Balaban J connectivity index is 2.31. The third kappa shape index (κ3) is 7.34. The fourth-order valence-electron chi connectivity index (χ4n) is 2.89. The number of carbonyl (C=O) groups excluding carboxylic acids is 3. The molecule has 1 aromatic rings. The van der Waals surface area contributed by atoms with Crippen molar-refractivity contribution in [3.8, 4) is 5.75 Å². The van der Waals surface area contributed by atoms with Crippen molar-refractivity contribution < 1.29 is 23.9 Å². The molecule has 0 fully saturated rings. The molecular formula is C21H27IN2O5. The van der Waals surface area contributed by atoms with Crippen molar-refractivity contribution in [2.24, 2.45) is 5.92 Å². The van der Waals surface area contributed by atoms with Crippen LogP contribution in [0.5, 0.6) is 5.75 Å². The summed E-state index contributed by atoms with van der Waals surface area (Å²) in [5.74, 6) is -0.384. The Labute approximate surface area is 184 Å². The Morgan fingerprint density at radius 2 is 1.90 bits per heavy atom. The van der Waals surface area contributed by atoms with Crippen LogP contribution in [0, 0.1) is 5.92 Å². The molecule has 0 saturated heterocycles. The Kier molecular flexibility index (Phi) is 8.94. The molecule has 8 heteroatoms. The molecule has 2 heterocycles.